The highest BCUT2D eigenvalue weighted by molar-refractivity contribution is 6.16. The van der Waals surface area contributed by atoms with E-state index in [4.69, 9.17) is 11.6 Å². The largest absolute Gasteiger partial charge is 0.417 e. The Bertz CT molecular complexity index is 599. The van der Waals surface area contributed by atoms with Crippen molar-refractivity contribution >= 4 is 11.6 Å². The molecular formula is C12H7ClF4N2. The molecule has 2 nitrogen and oxygen atoms in total. The van der Waals surface area contributed by atoms with Crippen LogP contribution in [-0.4, -0.2) is 9.97 Å². The molecule has 0 radical (unpaired) electrons. The van der Waals surface area contributed by atoms with Crippen LogP contribution in [0.2, 0.25) is 0 Å². The van der Waals surface area contributed by atoms with E-state index in [2.05, 4.69) is 9.97 Å². The first kappa shape index (κ1) is 13.7. The number of halogens is 5. The van der Waals surface area contributed by atoms with E-state index < -0.39 is 17.6 Å². The molecular weight excluding hydrogens is 284 g/mol. The van der Waals surface area contributed by atoms with E-state index in [0.717, 1.165) is 12.1 Å². The smallest absolute Gasteiger partial charge is 0.237 e. The normalized spacial score (nSPS) is 11.6. The average Bonchev–Trinajstić information content (AvgIpc) is 2.37. The summed E-state index contributed by atoms with van der Waals surface area (Å²) in [7, 11) is 0. The summed E-state index contributed by atoms with van der Waals surface area (Å²) in [5.41, 5.74) is -0.996. The monoisotopic (exact) mass is 290 g/mol. The van der Waals surface area contributed by atoms with Gasteiger partial charge in [0.15, 0.2) is 5.82 Å². The Labute approximate surface area is 111 Å². The Morgan fingerprint density at radius 1 is 1.16 bits per heavy atom. The molecule has 0 atom stereocenters. The van der Waals surface area contributed by atoms with Gasteiger partial charge in [0, 0.05) is 11.8 Å². The molecule has 1 aromatic carbocycles. The lowest BCUT2D eigenvalue weighted by Crippen LogP contribution is -2.09. The highest BCUT2D eigenvalue weighted by atomic mass is 35.5. The average molecular weight is 291 g/mol. The molecule has 1 heterocycles. The highest BCUT2D eigenvalue weighted by Crippen LogP contribution is 2.36. The molecule has 100 valence electrons. The van der Waals surface area contributed by atoms with Crippen LogP contribution < -0.4 is 0 Å². The third-order valence-corrected chi connectivity index (χ3v) is 2.65. The Morgan fingerprint density at radius 2 is 1.89 bits per heavy atom. The summed E-state index contributed by atoms with van der Waals surface area (Å²) in [6, 6.07) is 3.85. The molecule has 0 saturated carbocycles. The van der Waals surface area contributed by atoms with E-state index in [1.165, 1.54) is 12.3 Å². The first-order chi connectivity index (χ1) is 8.91. The summed E-state index contributed by atoms with van der Waals surface area (Å²) in [6.45, 7) is 0. The third-order valence-electron chi connectivity index (χ3n) is 2.38. The number of hydrogen-bond acceptors (Lipinski definition) is 2. The topological polar surface area (TPSA) is 25.8 Å². The minimum absolute atomic E-state index is 0.0536. The molecule has 0 aliphatic carbocycles. The lowest BCUT2D eigenvalue weighted by Gasteiger charge is -2.12. The molecule has 0 saturated heterocycles. The van der Waals surface area contributed by atoms with Gasteiger partial charge in [0.1, 0.15) is 5.82 Å². The molecule has 0 spiro atoms. The predicted octanol–water partition coefficient (Wildman–Crippen LogP) is 4.04. The molecule has 0 aliphatic heterocycles. The molecule has 0 unspecified atom stereocenters. The zero-order valence-corrected chi connectivity index (χ0v) is 10.1. The van der Waals surface area contributed by atoms with Crippen molar-refractivity contribution < 1.29 is 17.6 Å². The number of hydrogen-bond donors (Lipinski definition) is 0. The van der Waals surface area contributed by atoms with E-state index in [9.17, 15) is 17.6 Å². The Balaban J connectivity index is 2.61. The zero-order valence-electron chi connectivity index (χ0n) is 9.38. The van der Waals surface area contributed by atoms with Crippen molar-refractivity contribution in [3.05, 3.63) is 47.5 Å². The maximum Gasteiger partial charge on any atom is 0.417 e. The van der Waals surface area contributed by atoms with Gasteiger partial charge in [0.2, 0.25) is 0 Å². The minimum Gasteiger partial charge on any atom is -0.237 e. The van der Waals surface area contributed by atoms with Crippen molar-refractivity contribution in [2.45, 2.75) is 12.1 Å². The van der Waals surface area contributed by atoms with Gasteiger partial charge in [-0.2, -0.15) is 13.2 Å². The molecule has 19 heavy (non-hydrogen) atoms. The highest BCUT2D eigenvalue weighted by Gasteiger charge is 2.34. The van der Waals surface area contributed by atoms with Gasteiger partial charge >= 0.3 is 6.18 Å². The number of benzene rings is 1. The molecule has 0 aliphatic rings. The maximum atomic E-state index is 13.0. The first-order valence-corrected chi connectivity index (χ1v) is 5.70. The molecule has 2 rings (SSSR count). The standard InChI is InChI=1S/C12H7ClF4N2/c13-6-8-3-4-18-11(19-8)9-2-1-7(14)5-10(9)12(15,16)17/h1-5H,6H2. The van der Waals surface area contributed by atoms with E-state index in [1.807, 2.05) is 0 Å². The molecule has 7 heteroatoms. The molecule has 1 aromatic heterocycles. The lowest BCUT2D eigenvalue weighted by molar-refractivity contribution is -0.137. The van der Waals surface area contributed by atoms with Gasteiger partial charge in [0.25, 0.3) is 0 Å². The van der Waals surface area contributed by atoms with Gasteiger partial charge in [-0.05, 0) is 24.3 Å². The van der Waals surface area contributed by atoms with Crippen molar-refractivity contribution in [1.82, 2.24) is 9.97 Å². The molecule has 0 bridgehead atoms. The summed E-state index contributed by atoms with van der Waals surface area (Å²) < 4.78 is 51.5. The van der Waals surface area contributed by atoms with Crippen molar-refractivity contribution in [2.75, 3.05) is 0 Å². The van der Waals surface area contributed by atoms with E-state index in [0.29, 0.717) is 11.8 Å². The van der Waals surface area contributed by atoms with E-state index in [1.54, 1.807) is 0 Å². The Kier molecular flexibility index (Phi) is 3.71. The summed E-state index contributed by atoms with van der Waals surface area (Å²) in [5.74, 6) is -1.05. The maximum absolute atomic E-state index is 13.0. The van der Waals surface area contributed by atoms with Gasteiger partial charge < -0.3 is 0 Å². The van der Waals surface area contributed by atoms with Crippen LogP contribution in [0.1, 0.15) is 11.3 Å². The molecule has 2 aromatic rings. The van der Waals surface area contributed by atoms with E-state index in [-0.39, 0.29) is 17.3 Å². The van der Waals surface area contributed by atoms with E-state index >= 15 is 0 Å². The first-order valence-electron chi connectivity index (χ1n) is 5.17. The number of aromatic nitrogens is 2. The predicted molar refractivity (Wildman–Crippen MR) is 62.0 cm³/mol. The fourth-order valence-electron chi connectivity index (χ4n) is 1.55. The third kappa shape index (κ3) is 3.01. The zero-order chi connectivity index (χ0) is 14.0. The molecule has 0 amide bonds. The molecule has 0 N–H and O–H groups in total. The van der Waals surface area contributed by atoms with Gasteiger partial charge in [0.05, 0.1) is 17.1 Å². The van der Waals surface area contributed by atoms with Crippen LogP contribution in [0.4, 0.5) is 17.6 Å². The Morgan fingerprint density at radius 3 is 2.53 bits per heavy atom. The van der Waals surface area contributed by atoms with Crippen LogP contribution in [-0.2, 0) is 12.1 Å². The SMILES string of the molecule is Fc1ccc(-c2nccc(CCl)n2)c(C(F)(F)F)c1. The van der Waals surface area contributed by atoms with Gasteiger partial charge in [-0.3, -0.25) is 0 Å². The lowest BCUT2D eigenvalue weighted by atomic mass is 10.1. The van der Waals surface area contributed by atoms with Gasteiger partial charge in [-0.25, -0.2) is 14.4 Å². The fourth-order valence-corrected chi connectivity index (χ4v) is 1.70. The second kappa shape index (κ2) is 5.13. The van der Waals surface area contributed by atoms with Gasteiger partial charge in [-0.15, -0.1) is 11.6 Å². The van der Waals surface area contributed by atoms with Crippen LogP contribution >= 0.6 is 11.6 Å². The summed E-state index contributed by atoms with van der Waals surface area (Å²) >= 11 is 5.57. The minimum atomic E-state index is -4.68. The summed E-state index contributed by atoms with van der Waals surface area (Å²) in [5, 5.41) is 0. The number of rotatable bonds is 2. The summed E-state index contributed by atoms with van der Waals surface area (Å²) in [4.78, 5) is 7.67. The number of alkyl halides is 4. The van der Waals surface area contributed by atoms with Crippen molar-refractivity contribution in [3.8, 4) is 11.4 Å². The van der Waals surface area contributed by atoms with Crippen molar-refractivity contribution in [2.24, 2.45) is 0 Å². The number of nitrogens with zero attached hydrogens (tertiary/aromatic N) is 2. The van der Waals surface area contributed by atoms with Crippen LogP contribution in [0.3, 0.4) is 0 Å². The van der Waals surface area contributed by atoms with Crippen molar-refractivity contribution in [3.63, 3.8) is 0 Å². The van der Waals surface area contributed by atoms with Crippen LogP contribution in [0, 0.1) is 5.82 Å². The Hall–Kier alpha value is -1.69. The fraction of sp³-hybridized carbons (Fsp3) is 0.167. The second-order valence-corrected chi connectivity index (χ2v) is 3.96. The van der Waals surface area contributed by atoms with Crippen molar-refractivity contribution in [1.29, 1.82) is 0 Å². The van der Waals surface area contributed by atoms with Gasteiger partial charge in [-0.1, -0.05) is 0 Å². The van der Waals surface area contributed by atoms with Crippen LogP contribution in [0.5, 0.6) is 0 Å². The van der Waals surface area contributed by atoms with Crippen LogP contribution in [0.25, 0.3) is 11.4 Å². The van der Waals surface area contributed by atoms with Crippen LogP contribution in [0.15, 0.2) is 30.5 Å². The summed E-state index contributed by atoms with van der Waals surface area (Å²) in [6.07, 6.45) is -3.37. The quantitative estimate of drug-likeness (QED) is 0.616. The second-order valence-electron chi connectivity index (χ2n) is 3.69. The molecule has 0 fully saturated rings.